The van der Waals surface area contributed by atoms with E-state index in [4.69, 9.17) is 19.2 Å². The molecule has 4 N–H and O–H groups in total. The van der Waals surface area contributed by atoms with Crippen LogP contribution in [-0.2, 0) is 59.6 Å². The fourth-order valence-corrected chi connectivity index (χ4v) is 7.93. The predicted molar refractivity (Wildman–Crippen MR) is 227 cm³/mol. The molecule has 15 nitrogen and oxygen atoms in total. The van der Waals surface area contributed by atoms with Crippen molar-refractivity contribution in [3.05, 3.63) is 86.7 Å². The third-order valence-corrected chi connectivity index (χ3v) is 11.9. The van der Waals surface area contributed by atoms with E-state index in [9.17, 15) is 33.9 Å². The minimum Gasteiger partial charge on any atom is -0.508 e. The number of anilines is 1. The van der Waals surface area contributed by atoms with Gasteiger partial charge in [0.15, 0.2) is 0 Å². The van der Waals surface area contributed by atoms with Gasteiger partial charge in [0.25, 0.3) is 5.56 Å². The Kier molecular flexibility index (Phi) is 12.6. The average molecular weight is 838 g/mol. The number of nitrogens with zero attached hydrogens (tertiary/aromatic N) is 2. The maximum atomic E-state index is 13.8. The average Bonchev–Trinajstić information content (AvgIpc) is 3.56. The lowest BCUT2D eigenvalue weighted by atomic mass is 9.69. The topological polar surface area (TPSA) is 204 Å². The number of pyridine rings is 2. The molecule has 0 spiro atoms. The van der Waals surface area contributed by atoms with Crippen molar-refractivity contribution in [2.24, 2.45) is 22.7 Å². The summed E-state index contributed by atoms with van der Waals surface area (Å²) < 4.78 is 17.6. The predicted octanol–water partition coefficient (Wildman–Crippen LogP) is 6.44. The molecule has 15 heteroatoms. The number of nitrogens with one attached hydrogen (secondary N) is 3. The van der Waals surface area contributed by atoms with Crippen molar-refractivity contribution in [1.82, 2.24) is 20.2 Å². The number of ether oxygens (including phenoxy) is 3. The van der Waals surface area contributed by atoms with E-state index < -0.39 is 47.1 Å². The van der Waals surface area contributed by atoms with Crippen LogP contribution in [0, 0.1) is 22.7 Å². The van der Waals surface area contributed by atoms with E-state index in [1.165, 1.54) is 0 Å². The van der Waals surface area contributed by atoms with Crippen LogP contribution in [0.2, 0.25) is 0 Å². The van der Waals surface area contributed by atoms with Gasteiger partial charge in [-0.25, -0.2) is 14.6 Å². The van der Waals surface area contributed by atoms with E-state index in [1.54, 1.807) is 53.1 Å². The van der Waals surface area contributed by atoms with E-state index in [-0.39, 0.29) is 60.4 Å². The molecule has 0 saturated heterocycles. The van der Waals surface area contributed by atoms with E-state index in [0.29, 0.717) is 46.9 Å². The second-order valence-electron chi connectivity index (χ2n) is 17.8. The van der Waals surface area contributed by atoms with Crippen LogP contribution in [0.15, 0.2) is 53.3 Å². The lowest BCUT2D eigenvalue weighted by molar-refractivity contribution is -0.159. The van der Waals surface area contributed by atoms with Crippen molar-refractivity contribution in [1.29, 1.82) is 0 Å². The second kappa shape index (κ2) is 17.4. The summed E-state index contributed by atoms with van der Waals surface area (Å²) >= 11 is 0. The monoisotopic (exact) mass is 837 g/mol. The number of amides is 3. The summed E-state index contributed by atoms with van der Waals surface area (Å²) in [5, 5.41) is 19.1. The fourth-order valence-electron chi connectivity index (χ4n) is 7.93. The van der Waals surface area contributed by atoms with Gasteiger partial charge in [-0.15, -0.1) is 0 Å². The molecule has 3 amide bonds. The standard InChI is InChI=1S/C46H55N5O10/c1-10-29-30-17-28(52)15-16-34(30)49-38-32(29)20-51-35(38)18-31-33(41(51)55)22-59-42(56)39(31)61-44(58)60-21-26-11-13-27(14-12-26)48-36(53)19-47-40(54)37(24(2)3)50-43(57)46(8,9)23-45(6,7)25(4)5/h11-18,24-25,37,39,52H,10,19-23H2,1-9H3,(H,47,54)(H,48,53)(H,50,57). The number of phenols is 1. The van der Waals surface area contributed by atoms with Crippen LogP contribution in [0.4, 0.5) is 10.5 Å². The Morgan fingerprint density at radius 2 is 1.69 bits per heavy atom. The number of phenolic OH excluding ortho intramolecular Hbond substituents is 1. The van der Waals surface area contributed by atoms with Gasteiger partial charge in [0.1, 0.15) is 25.0 Å². The number of esters is 1. The molecular formula is C46H55N5O10. The summed E-state index contributed by atoms with van der Waals surface area (Å²) in [5.41, 5.74) is 3.58. The highest BCUT2D eigenvalue weighted by atomic mass is 16.7. The molecule has 2 atom stereocenters. The highest BCUT2D eigenvalue weighted by molar-refractivity contribution is 5.96. The van der Waals surface area contributed by atoms with Gasteiger partial charge in [-0.3, -0.25) is 19.2 Å². The quantitative estimate of drug-likeness (QED) is 0.0897. The van der Waals surface area contributed by atoms with Gasteiger partial charge in [-0.2, -0.15) is 0 Å². The zero-order chi connectivity index (χ0) is 44.6. The van der Waals surface area contributed by atoms with Crippen molar-refractivity contribution >= 4 is 46.4 Å². The maximum absolute atomic E-state index is 13.8. The largest absolute Gasteiger partial charge is 0.509 e. The maximum Gasteiger partial charge on any atom is 0.509 e. The number of carbonyl (C=O) groups is 5. The first-order valence-corrected chi connectivity index (χ1v) is 20.6. The van der Waals surface area contributed by atoms with Crippen LogP contribution in [0.3, 0.4) is 0 Å². The van der Waals surface area contributed by atoms with Crippen molar-refractivity contribution in [2.45, 2.75) is 107 Å². The fraction of sp³-hybridized carbons (Fsp3) is 0.457. The highest BCUT2D eigenvalue weighted by Gasteiger charge is 2.40. The van der Waals surface area contributed by atoms with Gasteiger partial charge >= 0.3 is 12.1 Å². The summed E-state index contributed by atoms with van der Waals surface area (Å²) in [7, 11) is 0. The third-order valence-electron chi connectivity index (χ3n) is 11.9. The van der Waals surface area contributed by atoms with Gasteiger partial charge in [0.05, 0.1) is 35.6 Å². The van der Waals surface area contributed by atoms with E-state index >= 15 is 0 Å². The molecule has 0 saturated carbocycles. The molecule has 2 aromatic carbocycles. The molecule has 2 aliphatic heterocycles. The summed E-state index contributed by atoms with van der Waals surface area (Å²) in [5.74, 6) is -1.80. The molecule has 4 heterocycles. The molecule has 0 fully saturated rings. The SMILES string of the molecule is CCc1c2c(nc3ccc(O)cc13)-c1cc3c(c(=O)n1C2)COC(=O)C3OC(=O)OCc1ccc(NC(=O)CNC(=O)C(NC(=O)C(C)(C)CC(C)(C)C(C)C)C(C)C)cc1. The Bertz CT molecular complexity index is 2450. The third kappa shape index (κ3) is 9.40. The number of aryl methyl sites for hydroxylation is 1. The molecule has 324 valence electrons. The first kappa shape index (κ1) is 44.3. The van der Waals surface area contributed by atoms with Gasteiger partial charge in [0, 0.05) is 27.6 Å². The number of aromatic nitrogens is 2. The van der Waals surface area contributed by atoms with Crippen LogP contribution >= 0.6 is 0 Å². The van der Waals surface area contributed by atoms with Crippen molar-refractivity contribution in [3.63, 3.8) is 0 Å². The highest BCUT2D eigenvalue weighted by Crippen LogP contribution is 2.41. The van der Waals surface area contributed by atoms with Crippen molar-refractivity contribution in [2.75, 3.05) is 11.9 Å². The van der Waals surface area contributed by atoms with E-state index in [0.717, 1.165) is 16.5 Å². The van der Waals surface area contributed by atoms with Crippen LogP contribution in [0.5, 0.6) is 5.75 Å². The molecule has 2 aromatic heterocycles. The molecule has 0 aliphatic carbocycles. The summed E-state index contributed by atoms with van der Waals surface area (Å²) in [6, 6.07) is 12.1. The van der Waals surface area contributed by atoms with Gasteiger partial charge in [-0.05, 0) is 77.6 Å². The van der Waals surface area contributed by atoms with Crippen molar-refractivity contribution < 1.29 is 43.3 Å². The normalized spacial score (nSPS) is 15.1. The molecule has 61 heavy (non-hydrogen) atoms. The summed E-state index contributed by atoms with van der Waals surface area (Å²) in [4.78, 5) is 83.7. The van der Waals surface area contributed by atoms with Gasteiger partial charge in [0.2, 0.25) is 23.8 Å². The molecule has 2 aliphatic rings. The second-order valence-corrected chi connectivity index (χ2v) is 17.8. The molecule has 0 radical (unpaired) electrons. The first-order valence-electron chi connectivity index (χ1n) is 20.6. The number of rotatable bonds is 14. The molecule has 0 bridgehead atoms. The van der Waals surface area contributed by atoms with Crippen LogP contribution in [-0.4, -0.2) is 57.1 Å². The smallest absolute Gasteiger partial charge is 0.508 e. The molecular weight excluding hydrogens is 783 g/mol. The van der Waals surface area contributed by atoms with Crippen LogP contribution in [0.25, 0.3) is 22.3 Å². The Balaban J connectivity index is 1.04. The zero-order valence-electron chi connectivity index (χ0n) is 36.2. The van der Waals surface area contributed by atoms with Gasteiger partial charge in [-0.1, -0.05) is 74.4 Å². The van der Waals surface area contributed by atoms with Crippen LogP contribution < -0.4 is 21.5 Å². The number of benzene rings is 2. The molecule has 2 unspecified atom stereocenters. The van der Waals surface area contributed by atoms with E-state index in [1.807, 2.05) is 34.6 Å². The first-order chi connectivity index (χ1) is 28.7. The number of fused-ring (bicyclic) bond motifs is 5. The van der Waals surface area contributed by atoms with Crippen molar-refractivity contribution in [3.8, 4) is 17.1 Å². The van der Waals surface area contributed by atoms with Crippen LogP contribution in [0.1, 0.15) is 103 Å². The lowest BCUT2D eigenvalue weighted by Crippen LogP contribution is -2.54. The number of hydrogen-bond acceptors (Lipinski definition) is 11. The Morgan fingerprint density at radius 3 is 2.34 bits per heavy atom. The summed E-state index contributed by atoms with van der Waals surface area (Å²) in [6.45, 7) is 17.3. The number of hydrogen-bond donors (Lipinski definition) is 4. The Morgan fingerprint density at radius 1 is 0.984 bits per heavy atom. The summed E-state index contributed by atoms with van der Waals surface area (Å²) in [6.07, 6.45) is -1.46. The molecule has 4 aromatic rings. The molecule has 6 rings (SSSR count). The Labute approximate surface area is 354 Å². The number of cyclic esters (lactones) is 1. The van der Waals surface area contributed by atoms with Gasteiger partial charge < -0.3 is 39.8 Å². The lowest BCUT2D eigenvalue weighted by Gasteiger charge is -2.37. The Hall–Kier alpha value is -6.25. The van der Waals surface area contributed by atoms with E-state index in [2.05, 4.69) is 43.6 Å². The zero-order valence-corrected chi connectivity index (χ0v) is 36.2. The number of aromatic hydroxyl groups is 1. The number of carbonyl (C=O) groups excluding carboxylic acids is 5. The minimum atomic E-state index is -1.55. The minimum absolute atomic E-state index is 0.0895.